The number of anilines is 4. The van der Waals surface area contributed by atoms with Gasteiger partial charge in [-0.05, 0) is 235 Å². The maximum atomic E-state index is 12.5. The Morgan fingerprint density at radius 3 is 0.905 bits per heavy atom. The van der Waals surface area contributed by atoms with Crippen LogP contribution in [0, 0.1) is 0 Å². The summed E-state index contributed by atoms with van der Waals surface area (Å²) in [7, 11) is 22.5. The third kappa shape index (κ3) is 22.8. The van der Waals surface area contributed by atoms with Crippen LogP contribution in [0.3, 0.4) is 0 Å². The van der Waals surface area contributed by atoms with Gasteiger partial charge in [-0.1, -0.05) is 97.1 Å². The minimum atomic E-state index is -0.953. The quantitative estimate of drug-likeness (QED) is 0.0284. The van der Waals surface area contributed by atoms with E-state index in [9.17, 15) is 33.6 Å². The number of hydrogen-bond donors (Lipinski definition) is 5. The van der Waals surface area contributed by atoms with E-state index < -0.39 is 5.97 Å². The van der Waals surface area contributed by atoms with Gasteiger partial charge >= 0.3 is 17.9 Å². The molecule has 31 nitrogen and oxygen atoms in total. The van der Waals surface area contributed by atoms with E-state index in [4.69, 9.17) is 19.3 Å². The second kappa shape index (κ2) is 42.2. The normalized spacial score (nSPS) is 13.2. The first-order valence-corrected chi connectivity index (χ1v) is 41.0. The minimum Gasteiger partial charge on any atom is -0.478 e. The van der Waals surface area contributed by atoms with Crippen molar-refractivity contribution in [2.45, 2.75) is 103 Å². The van der Waals surface area contributed by atoms with Crippen molar-refractivity contribution in [1.82, 2.24) is 78.7 Å². The fourth-order valence-corrected chi connectivity index (χ4v) is 15.3. The number of nitrogens with one attached hydrogen (secondary N) is 4. The van der Waals surface area contributed by atoms with Crippen molar-refractivity contribution < 1.29 is 33.7 Å². The number of benzene rings is 6. The summed E-state index contributed by atoms with van der Waals surface area (Å²) >= 11 is 0. The van der Waals surface area contributed by atoms with Crippen LogP contribution >= 0.6 is 0 Å². The summed E-state index contributed by atoms with van der Waals surface area (Å²) in [5, 5.41) is 42.5. The van der Waals surface area contributed by atoms with Crippen LogP contribution in [0.15, 0.2) is 250 Å². The van der Waals surface area contributed by atoms with Crippen molar-refractivity contribution >= 4 is 84.8 Å². The zero-order chi connectivity index (χ0) is 90.7. The predicted molar refractivity (Wildman–Crippen MR) is 493 cm³/mol. The highest BCUT2D eigenvalue weighted by Crippen LogP contribution is 2.33. The zero-order valence-electron chi connectivity index (χ0n) is 74.0. The number of carboxylic acid groups (broad SMARTS) is 1. The second-order valence-corrected chi connectivity index (χ2v) is 31.7. The maximum Gasteiger partial charge on any atom is 0.338 e. The number of para-hydroxylation sites is 1. The third-order valence-corrected chi connectivity index (χ3v) is 21.0. The molecule has 0 spiro atoms. The molecule has 0 unspecified atom stereocenters. The molecule has 0 radical (unpaired) electrons. The Hall–Kier alpha value is -14.3. The zero-order valence-corrected chi connectivity index (χ0v) is 74.0. The van der Waals surface area contributed by atoms with Gasteiger partial charge in [0.1, 0.15) is 40.2 Å². The third-order valence-electron chi connectivity index (χ3n) is 21.0. The van der Waals surface area contributed by atoms with Crippen molar-refractivity contribution in [1.29, 1.82) is 0 Å². The fourth-order valence-electron chi connectivity index (χ4n) is 15.3. The molecule has 14 rings (SSSR count). The number of hydrogen-bond acceptors (Lipinski definition) is 26. The highest BCUT2D eigenvalue weighted by molar-refractivity contribution is 5.92. The number of likely N-dealkylation sites (N-methyl/N-ethyl adjacent to an activating group) is 4. The number of ether oxygens (including phenoxy) is 3. The highest BCUT2D eigenvalue weighted by Gasteiger charge is 2.30. The molecule has 8 heterocycles. The second-order valence-electron chi connectivity index (χ2n) is 31.7. The minimum absolute atomic E-state index is 0.0129. The molecule has 0 fully saturated rings. The summed E-state index contributed by atoms with van der Waals surface area (Å²) in [5.74, 6) is 2.15. The number of pyridine rings is 4. The Labute approximate surface area is 730 Å². The standard InChI is InChI=1S/C27H29N5O3.C25H27N5O2.C23H29N5O3.C20H23N5O3/c1-18(29-25-23-22(11-8-16-28-23)26(33)32(4)30-25)24(31(2)3)20-12-14-21(15-13-20)27(34)35-17-19-9-6-5-7-10-19;1-17(27-24-22-21(11-8-16-26-22)25(31)30(4)28-24)23(29(2)3)18-12-14-20(15-13-18)32-19-9-6-5-7-10-19;1-14(2)31-23(30)17-11-9-16(10-12-17)20(27(4)5)15(3)25-21-19-18(8-7-13-24-19)22(29)28(6)26-21;1-12(17(24(2)3)13-7-9-14(10-8-13)20(27)28)22-18-16-15(6-5-11-21-16)19(26)25(4)23-18/h5-16,18,24H,17H2,1-4H3,(H,29,30);5-17,23H,1-4H3,(H,27,28);7-15,20H,1-6H3,(H,25,26);5-12,17H,1-4H3,(H,22,23)(H,27,28)/t18-,24+;17-,23+;15-,20+;12-,17+/m0000/s1. The van der Waals surface area contributed by atoms with Crippen LogP contribution in [0.2, 0.25) is 0 Å². The lowest BCUT2D eigenvalue weighted by Crippen LogP contribution is -2.35. The van der Waals surface area contributed by atoms with E-state index in [2.05, 4.69) is 95.4 Å². The Bertz CT molecular complexity index is 6330. The largest absolute Gasteiger partial charge is 0.478 e. The molecule has 0 saturated heterocycles. The molecule has 654 valence electrons. The van der Waals surface area contributed by atoms with Crippen LogP contribution in [-0.2, 0) is 44.3 Å². The summed E-state index contributed by atoms with van der Waals surface area (Å²) in [6, 6.07) is 62.8. The maximum absolute atomic E-state index is 12.5. The van der Waals surface area contributed by atoms with E-state index in [-0.39, 0.29) is 101 Å². The fraction of sp³-hybridized carbons (Fsp3) is 0.295. The van der Waals surface area contributed by atoms with Crippen LogP contribution in [0.4, 0.5) is 23.3 Å². The van der Waals surface area contributed by atoms with Gasteiger partial charge in [0, 0.05) is 77.1 Å². The number of carboxylic acids is 1. The van der Waals surface area contributed by atoms with E-state index >= 15 is 0 Å². The Morgan fingerprint density at radius 2 is 0.619 bits per heavy atom. The molecular formula is C95H108N20O11. The Balaban J connectivity index is 0.000000164. The number of esters is 2. The van der Waals surface area contributed by atoms with E-state index in [1.54, 1.807) is 138 Å². The topological polar surface area (TPSA) is 351 Å². The molecule has 31 heteroatoms. The van der Waals surface area contributed by atoms with Gasteiger partial charge in [-0.25, -0.2) is 33.1 Å². The van der Waals surface area contributed by atoms with E-state index in [0.717, 1.165) is 39.3 Å². The lowest BCUT2D eigenvalue weighted by atomic mass is 9.98. The lowest BCUT2D eigenvalue weighted by molar-refractivity contribution is 0.0376. The average Bonchev–Trinajstić information content (AvgIpc) is 0.796. The van der Waals surface area contributed by atoms with Crippen LogP contribution < -0.4 is 48.2 Å². The van der Waals surface area contributed by atoms with Crippen LogP contribution in [0.5, 0.6) is 11.5 Å². The summed E-state index contributed by atoms with van der Waals surface area (Å²) in [6.07, 6.45) is 6.45. The van der Waals surface area contributed by atoms with Crippen molar-refractivity contribution in [3.05, 3.63) is 317 Å². The molecule has 8 atom stereocenters. The van der Waals surface area contributed by atoms with Gasteiger partial charge in [0.05, 0.1) is 68.5 Å². The summed E-state index contributed by atoms with van der Waals surface area (Å²) in [6.45, 7) is 12.1. The molecule has 14 aromatic rings. The molecule has 0 saturated carbocycles. The molecule has 0 aliphatic carbocycles. The van der Waals surface area contributed by atoms with Gasteiger partial charge in [-0.15, -0.1) is 0 Å². The monoisotopic (exact) mass is 1700 g/mol. The number of nitrogens with zero attached hydrogens (tertiary/aromatic N) is 16. The van der Waals surface area contributed by atoms with Crippen molar-refractivity contribution in [2.24, 2.45) is 28.2 Å². The Morgan fingerprint density at radius 1 is 0.349 bits per heavy atom. The van der Waals surface area contributed by atoms with Crippen LogP contribution in [0.1, 0.15) is 125 Å². The van der Waals surface area contributed by atoms with Crippen LogP contribution in [-0.4, -0.2) is 188 Å². The molecule has 5 N–H and O–H groups in total. The van der Waals surface area contributed by atoms with Gasteiger partial charge in [-0.3, -0.25) is 39.1 Å². The number of aryl methyl sites for hydroxylation is 4. The van der Waals surface area contributed by atoms with Gasteiger partial charge in [0.15, 0.2) is 23.3 Å². The first-order chi connectivity index (χ1) is 60.3. The molecule has 0 aliphatic heterocycles. The van der Waals surface area contributed by atoms with Crippen molar-refractivity contribution in [3.8, 4) is 11.5 Å². The predicted octanol–water partition coefficient (Wildman–Crippen LogP) is 13.1. The molecule has 0 amide bonds. The van der Waals surface area contributed by atoms with Gasteiger partial charge < -0.3 is 60.2 Å². The van der Waals surface area contributed by atoms with Crippen molar-refractivity contribution in [3.63, 3.8) is 0 Å². The summed E-state index contributed by atoms with van der Waals surface area (Å²) < 4.78 is 21.9. The number of rotatable bonds is 28. The molecular weight excluding hydrogens is 1600 g/mol. The highest BCUT2D eigenvalue weighted by atomic mass is 16.5. The number of carbonyl (C=O) groups is 3. The van der Waals surface area contributed by atoms with Gasteiger partial charge in [0.2, 0.25) is 0 Å². The number of carbonyl (C=O) groups excluding carboxylic acids is 2. The van der Waals surface area contributed by atoms with Crippen molar-refractivity contribution in [2.75, 3.05) is 77.6 Å². The Kier molecular flexibility index (Phi) is 31.0. The van der Waals surface area contributed by atoms with E-state index in [0.29, 0.717) is 78.0 Å². The number of aromatic nitrogens is 12. The number of aromatic carboxylic acids is 1. The lowest BCUT2D eigenvalue weighted by Gasteiger charge is -2.31. The van der Waals surface area contributed by atoms with Crippen LogP contribution in [0.25, 0.3) is 43.6 Å². The average molecular weight is 1710 g/mol. The molecule has 0 aliphatic rings. The van der Waals surface area contributed by atoms with E-state index in [1.807, 2.05) is 205 Å². The van der Waals surface area contributed by atoms with Gasteiger partial charge in [0.25, 0.3) is 22.2 Å². The molecule has 6 aromatic carbocycles. The first kappa shape index (κ1) is 92.4. The first-order valence-electron chi connectivity index (χ1n) is 41.0. The van der Waals surface area contributed by atoms with E-state index in [1.165, 1.54) is 18.7 Å². The smallest absolute Gasteiger partial charge is 0.338 e. The molecule has 126 heavy (non-hydrogen) atoms. The number of fused-ring (bicyclic) bond motifs is 4. The molecule has 0 bridgehead atoms. The van der Waals surface area contributed by atoms with Gasteiger partial charge in [-0.2, -0.15) is 20.4 Å². The summed E-state index contributed by atoms with van der Waals surface area (Å²) in [4.78, 5) is 111. The SMILES string of the molecule is CC(C)OC(=O)c1ccc([C@@H]([C@H](C)Nc2nn(C)c(=O)c3cccnc23)N(C)C)cc1.C[C@H](Nc1nn(C)c(=O)c2cccnc12)[C@H](c1ccc(C(=O)O)cc1)N(C)C.C[C@H](Nc1nn(C)c(=O)c2cccnc12)[C@H](c1ccc(C(=O)OCc2ccccc2)cc1)N(C)C.C[C@H](Nc1nn(C)c(=O)c2cccnc12)[C@H](c1ccc(Oc2ccccc2)cc1)N(C)C. The summed E-state index contributed by atoms with van der Waals surface area (Å²) in [5.41, 5.74) is 7.82. The molecule has 8 aromatic heterocycles.